The molecule has 7 heteroatoms. The molecule has 0 aliphatic carbocycles. The predicted molar refractivity (Wildman–Crippen MR) is 96.8 cm³/mol. The second-order valence-electron chi connectivity index (χ2n) is 7.39. The Morgan fingerprint density at radius 1 is 1.28 bits per heavy atom. The fraction of sp³-hybridized carbons (Fsp3) is 0.556. The fourth-order valence-corrected chi connectivity index (χ4v) is 2.08. The van der Waals surface area contributed by atoms with Gasteiger partial charge in [-0.2, -0.15) is 9.78 Å². The van der Waals surface area contributed by atoms with Crippen molar-refractivity contribution in [3.8, 4) is 5.95 Å². The van der Waals surface area contributed by atoms with Gasteiger partial charge in [-0.3, -0.25) is 4.79 Å². The Balaban J connectivity index is 2.13. The van der Waals surface area contributed by atoms with E-state index in [4.69, 9.17) is 4.74 Å². The zero-order chi connectivity index (χ0) is 18.4. The minimum Gasteiger partial charge on any atom is -0.381 e. The van der Waals surface area contributed by atoms with E-state index in [1.54, 1.807) is 23.1 Å². The summed E-state index contributed by atoms with van der Waals surface area (Å²) in [5, 5.41) is 7.46. The first-order valence-corrected chi connectivity index (χ1v) is 8.53. The molecule has 7 nitrogen and oxygen atoms in total. The maximum atomic E-state index is 12.2. The molecule has 0 bridgehead atoms. The van der Waals surface area contributed by atoms with Gasteiger partial charge in [0.2, 0.25) is 5.91 Å². The third-order valence-electron chi connectivity index (χ3n) is 3.41. The number of rotatable bonds is 7. The van der Waals surface area contributed by atoms with Gasteiger partial charge in [-0.05, 0) is 12.0 Å². The van der Waals surface area contributed by atoms with Crippen LogP contribution in [0.3, 0.4) is 0 Å². The number of ether oxygens (including phenoxy) is 1. The van der Waals surface area contributed by atoms with Crippen LogP contribution in [-0.4, -0.2) is 38.9 Å². The zero-order valence-corrected chi connectivity index (χ0v) is 15.6. The van der Waals surface area contributed by atoms with Gasteiger partial charge in [0.05, 0.1) is 18.7 Å². The highest BCUT2D eigenvalue weighted by Crippen LogP contribution is 2.25. The highest BCUT2D eigenvalue weighted by Gasteiger charge is 2.22. The number of nitrogens with zero attached hydrogens (tertiary/aromatic N) is 4. The van der Waals surface area contributed by atoms with Crippen molar-refractivity contribution in [1.82, 2.24) is 19.7 Å². The second-order valence-corrected chi connectivity index (χ2v) is 7.39. The quantitative estimate of drug-likeness (QED) is 0.780. The van der Waals surface area contributed by atoms with Gasteiger partial charge in [0.15, 0.2) is 0 Å². The largest absolute Gasteiger partial charge is 0.381 e. The molecule has 2 rings (SSSR count). The van der Waals surface area contributed by atoms with Gasteiger partial charge in [0.25, 0.3) is 5.95 Å². The number of nitrogens with one attached hydrogen (secondary N) is 1. The molecular formula is C18H27N5O2. The summed E-state index contributed by atoms with van der Waals surface area (Å²) in [6.45, 7) is 11.4. The van der Waals surface area contributed by atoms with Crippen LogP contribution in [0.1, 0.15) is 46.7 Å². The molecule has 0 spiro atoms. The van der Waals surface area contributed by atoms with Crippen molar-refractivity contribution in [2.24, 2.45) is 5.92 Å². The van der Waals surface area contributed by atoms with Crippen LogP contribution >= 0.6 is 0 Å². The van der Waals surface area contributed by atoms with Crippen molar-refractivity contribution in [2.75, 3.05) is 18.5 Å². The normalized spacial score (nSPS) is 11.8. The van der Waals surface area contributed by atoms with Gasteiger partial charge in [-0.15, -0.1) is 0 Å². The van der Waals surface area contributed by atoms with Gasteiger partial charge >= 0.3 is 0 Å². The smallest absolute Gasteiger partial charge is 0.252 e. The van der Waals surface area contributed by atoms with Crippen LogP contribution in [-0.2, 0) is 14.9 Å². The summed E-state index contributed by atoms with van der Waals surface area (Å²) in [4.78, 5) is 20.7. The Morgan fingerprint density at radius 3 is 2.56 bits per heavy atom. The van der Waals surface area contributed by atoms with Gasteiger partial charge < -0.3 is 10.1 Å². The topological polar surface area (TPSA) is 81.9 Å². The lowest BCUT2D eigenvalue weighted by atomic mass is 9.92. The average molecular weight is 345 g/mol. The van der Waals surface area contributed by atoms with E-state index in [0.717, 1.165) is 5.69 Å². The highest BCUT2D eigenvalue weighted by molar-refractivity contribution is 5.90. The maximum absolute atomic E-state index is 12.2. The standard InChI is InChI=1S/C18H27N5O2/c1-13(2)12-25-10-7-16(24)21-15-11-14(18(3,4)5)22-23(15)17-19-8-6-9-20-17/h6,8-9,11,13H,7,10,12H2,1-5H3,(H,21,24). The molecule has 0 fully saturated rings. The van der Waals surface area contributed by atoms with Crippen molar-refractivity contribution in [1.29, 1.82) is 0 Å². The number of carbonyl (C=O) groups is 1. The maximum Gasteiger partial charge on any atom is 0.252 e. The molecule has 1 N–H and O–H groups in total. The first-order valence-electron chi connectivity index (χ1n) is 8.53. The van der Waals surface area contributed by atoms with Crippen molar-refractivity contribution >= 4 is 11.7 Å². The molecule has 2 aromatic heterocycles. The van der Waals surface area contributed by atoms with Crippen LogP contribution in [0, 0.1) is 5.92 Å². The number of carbonyl (C=O) groups excluding carboxylic acids is 1. The van der Waals surface area contributed by atoms with E-state index in [9.17, 15) is 4.79 Å². The molecule has 0 radical (unpaired) electrons. The Hall–Kier alpha value is -2.28. The first-order chi connectivity index (χ1) is 11.8. The lowest BCUT2D eigenvalue weighted by Gasteiger charge is -2.13. The van der Waals surface area contributed by atoms with Crippen LogP contribution in [0.15, 0.2) is 24.5 Å². The van der Waals surface area contributed by atoms with E-state index in [-0.39, 0.29) is 11.3 Å². The molecule has 25 heavy (non-hydrogen) atoms. The summed E-state index contributed by atoms with van der Waals surface area (Å²) < 4.78 is 7.03. The molecule has 0 aliphatic rings. The Morgan fingerprint density at radius 2 is 1.96 bits per heavy atom. The third-order valence-corrected chi connectivity index (χ3v) is 3.41. The number of aromatic nitrogens is 4. The molecule has 0 saturated heterocycles. The van der Waals surface area contributed by atoms with Gasteiger partial charge in [0.1, 0.15) is 5.82 Å². The molecule has 1 amide bonds. The number of amides is 1. The van der Waals surface area contributed by atoms with Crippen molar-refractivity contribution in [2.45, 2.75) is 46.5 Å². The SMILES string of the molecule is CC(C)COCCC(=O)Nc1cc(C(C)(C)C)nn1-c1ncccn1. The Kier molecular flexibility index (Phi) is 6.25. The minimum atomic E-state index is -0.153. The lowest BCUT2D eigenvalue weighted by molar-refractivity contribution is -0.117. The van der Waals surface area contributed by atoms with Crippen molar-refractivity contribution in [3.63, 3.8) is 0 Å². The predicted octanol–water partition coefficient (Wildman–Crippen LogP) is 2.96. The highest BCUT2D eigenvalue weighted by atomic mass is 16.5. The van der Waals surface area contributed by atoms with Gasteiger partial charge in [-0.25, -0.2) is 9.97 Å². The number of anilines is 1. The van der Waals surface area contributed by atoms with Gasteiger partial charge in [-0.1, -0.05) is 34.6 Å². The van der Waals surface area contributed by atoms with Crippen LogP contribution in [0.25, 0.3) is 5.95 Å². The number of hydrogen-bond donors (Lipinski definition) is 1. The summed E-state index contributed by atoms with van der Waals surface area (Å²) in [5.41, 5.74) is 0.700. The first kappa shape index (κ1) is 19.1. The summed E-state index contributed by atoms with van der Waals surface area (Å²) in [5.74, 6) is 1.31. The summed E-state index contributed by atoms with van der Waals surface area (Å²) in [6.07, 6.45) is 3.58. The minimum absolute atomic E-state index is 0.124. The molecule has 136 valence electrons. The lowest BCUT2D eigenvalue weighted by Crippen LogP contribution is -2.18. The van der Waals surface area contributed by atoms with Crippen molar-refractivity contribution in [3.05, 3.63) is 30.2 Å². The molecule has 2 aromatic rings. The van der Waals surface area contributed by atoms with E-state index in [1.807, 2.05) is 6.07 Å². The molecule has 0 unspecified atom stereocenters. The number of hydrogen-bond acceptors (Lipinski definition) is 5. The molecule has 0 atom stereocenters. The van der Waals surface area contributed by atoms with E-state index in [1.165, 1.54) is 0 Å². The van der Waals surface area contributed by atoms with E-state index in [2.05, 4.69) is 55.0 Å². The zero-order valence-electron chi connectivity index (χ0n) is 15.6. The van der Waals surface area contributed by atoms with Crippen LogP contribution in [0.4, 0.5) is 5.82 Å². The molecule has 0 aromatic carbocycles. The Labute approximate surface area is 148 Å². The van der Waals surface area contributed by atoms with Crippen LogP contribution < -0.4 is 5.32 Å². The molecule has 0 aliphatic heterocycles. The molecular weight excluding hydrogens is 318 g/mol. The second kappa shape index (κ2) is 8.20. The molecule has 0 saturated carbocycles. The summed E-state index contributed by atoms with van der Waals surface area (Å²) in [6, 6.07) is 3.60. The summed E-state index contributed by atoms with van der Waals surface area (Å²) >= 11 is 0. The average Bonchev–Trinajstić information content (AvgIpc) is 2.96. The fourth-order valence-electron chi connectivity index (χ4n) is 2.08. The van der Waals surface area contributed by atoms with E-state index < -0.39 is 0 Å². The van der Waals surface area contributed by atoms with Gasteiger partial charge in [0, 0.05) is 30.5 Å². The van der Waals surface area contributed by atoms with E-state index >= 15 is 0 Å². The van der Waals surface area contributed by atoms with E-state index in [0.29, 0.717) is 37.3 Å². The molecule has 2 heterocycles. The van der Waals surface area contributed by atoms with Crippen LogP contribution in [0.2, 0.25) is 0 Å². The summed E-state index contributed by atoms with van der Waals surface area (Å²) in [7, 11) is 0. The Bertz CT molecular complexity index is 689. The monoisotopic (exact) mass is 345 g/mol. The van der Waals surface area contributed by atoms with Crippen LogP contribution in [0.5, 0.6) is 0 Å². The van der Waals surface area contributed by atoms with Crippen molar-refractivity contribution < 1.29 is 9.53 Å². The third kappa shape index (κ3) is 5.63.